The van der Waals surface area contributed by atoms with E-state index < -0.39 is 0 Å². The second kappa shape index (κ2) is 6.75. The molecule has 1 aliphatic heterocycles. The summed E-state index contributed by atoms with van der Waals surface area (Å²) in [5, 5.41) is 0.781. The van der Waals surface area contributed by atoms with Gasteiger partial charge in [-0.05, 0) is 49.3 Å². The Balaban J connectivity index is 1.45. The SMILES string of the molecule is C/N=C\c1ccc2sn(CC3CCN(C(=O)C4CC4)CC3)c(=O)c2c1. The van der Waals surface area contributed by atoms with Gasteiger partial charge < -0.3 is 4.90 Å². The van der Waals surface area contributed by atoms with E-state index in [0.717, 1.165) is 61.0 Å². The molecule has 1 saturated heterocycles. The number of amides is 1. The molecular weight excluding hydrogens is 334 g/mol. The van der Waals surface area contributed by atoms with Crippen LogP contribution in [-0.2, 0) is 11.3 Å². The molecule has 0 unspecified atom stereocenters. The van der Waals surface area contributed by atoms with Gasteiger partial charge in [0, 0.05) is 38.8 Å². The van der Waals surface area contributed by atoms with Crippen LogP contribution in [0.25, 0.3) is 10.1 Å². The van der Waals surface area contributed by atoms with Crippen LogP contribution in [0.15, 0.2) is 28.0 Å². The number of aliphatic imine (C=N–C) groups is 1. The number of fused-ring (bicyclic) bond motifs is 1. The first-order valence-corrected chi connectivity index (χ1v) is 9.78. The second-order valence-electron chi connectivity index (χ2n) is 7.14. The number of likely N-dealkylation sites (tertiary alicyclic amines) is 1. The maximum Gasteiger partial charge on any atom is 0.268 e. The molecule has 0 spiro atoms. The molecule has 4 rings (SSSR count). The molecule has 2 aromatic rings. The number of carbonyl (C=O) groups excluding carboxylic acids is 1. The van der Waals surface area contributed by atoms with Gasteiger partial charge in [-0.15, -0.1) is 0 Å². The summed E-state index contributed by atoms with van der Waals surface area (Å²) in [6.07, 6.45) is 5.90. The summed E-state index contributed by atoms with van der Waals surface area (Å²) in [4.78, 5) is 30.9. The van der Waals surface area contributed by atoms with Crippen molar-refractivity contribution in [1.82, 2.24) is 8.86 Å². The van der Waals surface area contributed by atoms with Gasteiger partial charge in [-0.3, -0.25) is 18.5 Å². The van der Waals surface area contributed by atoms with Gasteiger partial charge >= 0.3 is 0 Å². The van der Waals surface area contributed by atoms with Gasteiger partial charge in [-0.25, -0.2) is 0 Å². The summed E-state index contributed by atoms with van der Waals surface area (Å²) in [5.41, 5.74) is 1.06. The summed E-state index contributed by atoms with van der Waals surface area (Å²) >= 11 is 1.55. The van der Waals surface area contributed by atoms with Crippen LogP contribution >= 0.6 is 11.5 Å². The first-order chi connectivity index (χ1) is 12.2. The smallest absolute Gasteiger partial charge is 0.268 e. The fraction of sp³-hybridized carbons (Fsp3) is 0.526. The molecule has 132 valence electrons. The van der Waals surface area contributed by atoms with E-state index in [1.165, 1.54) is 0 Å². The normalized spacial score (nSPS) is 19.2. The Morgan fingerprint density at radius 2 is 2.04 bits per heavy atom. The first-order valence-electron chi connectivity index (χ1n) is 9.00. The van der Waals surface area contributed by atoms with Crippen molar-refractivity contribution in [2.75, 3.05) is 20.1 Å². The molecule has 1 aromatic carbocycles. The van der Waals surface area contributed by atoms with E-state index in [2.05, 4.69) is 4.99 Å². The predicted molar refractivity (Wildman–Crippen MR) is 102 cm³/mol. The van der Waals surface area contributed by atoms with Crippen LogP contribution in [0.4, 0.5) is 0 Å². The molecule has 0 radical (unpaired) electrons. The largest absolute Gasteiger partial charge is 0.342 e. The number of nitrogens with zero attached hydrogens (tertiary/aromatic N) is 3. The monoisotopic (exact) mass is 357 g/mol. The Morgan fingerprint density at radius 3 is 2.72 bits per heavy atom. The van der Waals surface area contributed by atoms with Crippen molar-refractivity contribution in [3.05, 3.63) is 34.1 Å². The summed E-state index contributed by atoms with van der Waals surface area (Å²) in [7, 11) is 1.73. The first kappa shape index (κ1) is 16.5. The van der Waals surface area contributed by atoms with Crippen LogP contribution in [-0.4, -0.2) is 41.1 Å². The molecule has 2 aliphatic rings. The molecule has 0 N–H and O–H groups in total. The van der Waals surface area contributed by atoms with Gasteiger partial charge in [0.05, 0.1) is 10.1 Å². The fourth-order valence-corrected chi connectivity index (χ4v) is 4.67. The van der Waals surface area contributed by atoms with Crippen LogP contribution in [0.1, 0.15) is 31.2 Å². The quantitative estimate of drug-likeness (QED) is 0.790. The van der Waals surface area contributed by atoms with Crippen molar-refractivity contribution in [3.8, 4) is 0 Å². The standard InChI is InChI=1S/C19H23N3O2S/c1-20-11-14-2-5-17-16(10-14)19(24)22(25-17)12-13-6-8-21(9-7-13)18(23)15-3-4-15/h2,5,10-11,13,15H,3-4,6-9,12H2,1H3/b20-11-. The Labute approximate surface area is 151 Å². The van der Waals surface area contributed by atoms with Crippen molar-refractivity contribution >= 4 is 33.7 Å². The van der Waals surface area contributed by atoms with Crippen LogP contribution in [0.5, 0.6) is 0 Å². The Hall–Kier alpha value is -1.95. The summed E-state index contributed by atoms with van der Waals surface area (Å²) in [6, 6.07) is 5.93. The van der Waals surface area contributed by atoms with Gasteiger partial charge in [0.1, 0.15) is 0 Å². The van der Waals surface area contributed by atoms with Gasteiger partial charge in [0.2, 0.25) is 5.91 Å². The number of rotatable bonds is 4. The van der Waals surface area contributed by atoms with Crippen molar-refractivity contribution in [3.63, 3.8) is 0 Å². The van der Waals surface area contributed by atoms with E-state index in [1.54, 1.807) is 24.8 Å². The molecule has 5 nitrogen and oxygen atoms in total. The lowest BCUT2D eigenvalue weighted by molar-refractivity contribution is -0.134. The zero-order valence-electron chi connectivity index (χ0n) is 14.5. The van der Waals surface area contributed by atoms with E-state index in [1.807, 2.05) is 27.1 Å². The van der Waals surface area contributed by atoms with Gasteiger partial charge in [-0.2, -0.15) is 0 Å². The van der Waals surface area contributed by atoms with E-state index >= 15 is 0 Å². The lowest BCUT2D eigenvalue weighted by Gasteiger charge is -2.32. The third-order valence-electron chi connectivity index (χ3n) is 5.22. The number of piperidine rings is 1. The fourth-order valence-electron chi connectivity index (χ4n) is 3.60. The topological polar surface area (TPSA) is 54.7 Å². The minimum atomic E-state index is 0.0999. The molecular formula is C19H23N3O2S. The third-order valence-corrected chi connectivity index (χ3v) is 6.31. The van der Waals surface area contributed by atoms with Crippen LogP contribution in [0.3, 0.4) is 0 Å². The van der Waals surface area contributed by atoms with Crippen molar-refractivity contribution in [2.45, 2.75) is 32.2 Å². The average Bonchev–Trinajstić information content (AvgIpc) is 3.43. The lowest BCUT2D eigenvalue weighted by Crippen LogP contribution is -2.40. The summed E-state index contributed by atoms with van der Waals surface area (Å²) in [5.74, 6) is 1.14. The molecule has 6 heteroatoms. The van der Waals surface area contributed by atoms with E-state index in [0.29, 0.717) is 17.7 Å². The number of benzene rings is 1. The Kier molecular flexibility index (Phi) is 4.46. The minimum Gasteiger partial charge on any atom is -0.342 e. The maximum atomic E-state index is 12.7. The number of hydrogen-bond acceptors (Lipinski definition) is 4. The number of carbonyl (C=O) groups is 1. The summed E-state index contributed by atoms with van der Waals surface area (Å²) < 4.78 is 2.92. The maximum absolute atomic E-state index is 12.7. The highest BCUT2D eigenvalue weighted by atomic mass is 32.1. The zero-order valence-corrected chi connectivity index (χ0v) is 15.3. The highest BCUT2D eigenvalue weighted by Crippen LogP contribution is 2.32. The Bertz CT molecular complexity index is 870. The third kappa shape index (κ3) is 3.40. The van der Waals surface area contributed by atoms with Crippen LogP contribution < -0.4 is 5.56 Å². The molecule has 2 heterocycles. The average molecular weight is 357 g/mol. The number of aromatic nitrogens is 1. The summed E-state index contributed by atoms with van der Waals surface area (Å²) in [6.45, 7) is 2.45. The Morgan fingerprint density at radius 1 is 1.28 bits per heavy atom. The lowest BCUT2D eigenvalue weighted by atomic mass is 9.96. The molecule has 1 aromatic heterocycles. The highest BCUT2D eigenvalue weighted by Gasteiger charge is 2.35. The molecule has 1 amide bonds. The minimum absolute atomic E-state index is 0.0999. The molecule has 0 atom stereocenters. The second-order valence-corrected chi connectivity index (χ2v) is 8.21. The van der Waals surface area contributed by atoms with Crippen molar-refractivity contribution in [2.24, 2.45) is 16.8 Å². The van der Waals surface area contributed by atoms with E-state index in [9.17, 15) is 9.59 Å². The highest BCUT2D eigenvalue weighted by molar-refractivity contribution is 7.13. The molecule has 1 saturated carbocycles. The molecule has 25 heavy (non-hydrogen) atoms. The van der Waals surface area contributed by atoms with E-state index in [4.69, 9.17) is 0 Å². The van der Waals surface area contributed by atoms with Crippen LogP contribution in [0, 0.1) is 11.8 Å². The van der Waals surface area contributed by atoms with Crippen molar-refractivity contribution in [1.29, 1.82) is 0 Å². The van der Waals surface area contributed by atoms with E-state index in [-0.39, 0.29) is 5.56 Å². The zero-order chi connectivity index (χ0) is 17.4. The van der Waals surface area contributed by atoms with Gasteiger partial charge in [0.25, 0.3) is 5.56 Å². The van der Waals surface area contributed by atoms with Gasteiger partial charge in [-0.1, -0.05) is 17.6 Å². The van der Waals surface area contributed by atoms with Crippen LogP contribution in [0.2, 0.25) is 0 Å². The molecule has 2 fully saturated rings. The van der Waals surface area contributed by atoms with Crippen molar-refractivity contribution < 1.29 is 4.79 Å². The predicted octanol–water partition coefficient (Wildman–Crippen LogP) is 2.76. The van der Waals surface area contributed by atoms with Gasteiger partial charge in [0.15, 0.2) is 0 Å². The number of hydrogen-bond donors (Lipinski definition) is 0. The molecule has 0 bridgehead atoms. The molecule has 1 aliphatic carbocycles.